The van der Waals surface area contributed by atoms with Crippen molar-refractivity contribution < 1.29 is 17.9 Å². The number of hydrogen-bond acceptors (Lipinski definition) is 8. The summed E-state index contributed by atoms with van der Waals surface area (Å²) in [5, 5.41) is 11.9. The summed E-state index contributed by atoms with van der Waals surface area (Å²) in [4.78, 5) is 23.9. The van der Waals surface area contributed by atoms with E-state index in [0.29, 0.717) is 30.9 Å². The van der Waals surface area contributed by atoms with Crippen LogP contribution < -0.4 is 15.0 Å². The van der Waals surface area contributed by atoms with Crippen molar-refractivity contribution in [1.82, 2.24) is 15.3 Å². The third-order valence-electron chi connectivity index (χ3n) is 6.56. The summed E-state index contributed by atoms with van der Waals surface area (Å²) in [6.07, 6.45) is 4.76. The molecule has 1 aromatic heterocycles. The summed E-state index contributed by atoms with van der Waals surface area (Å²) in [5.74, 6) is 1.00. The maximum Gasteiger partial charge on any atom is 0.254 e. The van der Waals surface area contributed by atoms with Gasteiger partial charge in [0.15, 0.2) is 9.84 Å². The molecule has 0 saturated carbocycles. The third kappa shape index (κ3) is 6.66. The van der Waals surface area contributed by atoms with E-state index in [4.69, 9.17) is 10.00 Å². The first kappa shape index (κ1) is 27.1. The number of benzene rings is 2. The molecule has 2 aromatic carbocycles. The lowest BCUT2D eigenvalue weighted by Crippen LogP contribution is -2.32. The lowest BCUT2D eigenvalue weighted by atomic mass is 10.1. The second kappa shape index (κ2) is 12.0. The van der Waals surface area contributed by atoms with Crippen molar-refractivity contribution >= 4 is 21.7 Å². The average molecular weight is 534 g/mol. The highest BCUT2D eigenvalue weighted by Crippen LogP contribution is 2.28. The summed E-state index contributed by atoms with van der Waals surface area (Å²) in [6.45, 7) is 4.46. The predicted octanol–water partition coefficient (Wildman–Crippen LogP) is 3.84. The predicted molar refractivity (Wildman–Crippen MR) is 144 cm³/mol. The highest BCUT2D eigenvalue weighted by atomic mass is 32.2. The molecule has 2 atom stereocenters. The number of carbonyl (C=O) groups is 1. The maximum absolute atomic E-state index is 12.7. The Morgan fingerprint density at radius 1 is 1.13 bits per heavy atom. The molecule has 1 saturated heterocycles. The lowest BCUT2D eigenvalue weighted by Gasteiger charge is -2.23. The number of hydrogen-bond donors (Lipinski definition) is 1. The summed E-state index contributed by atoms with van der Waals surface area (Å²) in [7, 11) is -3.26. The number of ether oxygens (including phenoxy) is 1. The lowest BCUT2D eigenvalue weighted by molar-refractivity contribution is 0.0950. The third-order valence-corrected chi connectivity index (χ3v) is 8.31. The molecular weight excluding hydrogens is 502 g/mol. The SMILES string of the molecule is CCS(=O)(=O)c1ccc(CNC(=O)c2cnc(N3C[C@H](Oc4ccc(C)cc4)C[C@H]3CCC#N)nc2)cc1. The molecule has 1 aliphatic rings. The smallest absolute Gasteiger partial charge is 0.254 e. The molecule has 0 unspecified atom stereocenters. The van der Waals surface area contributed by atoms with E-state index in [1.54, 1.807) is 31.2 Å². The molecule has 9 nitrogen and oxygen atoms in total. The first-order valence-corrected chi connectivity index (χ1v) is 14.2. The molecule has 4 rings (SSSR count). The summed E-state index contributed by atoms with van der Waals surface area (Å²) in [5.41, 5.74) is 2.26. The van der Waals surface area contributed by atoms with E-state index in [1.165, 1.54) is 12.4 Å². The minimum atomic E-state index is -3.26. The second-order valence-electron chi connectivity index (χ2n) is 9.29. The van der Waals surface area contributed by atoms with Crippen LogP contribution in [0, 0.1) is 18.3 Å². The molecule has 0 aliphatic carbocycles. The number of nitrogens with zero attached hydrogens (tertiary/aromatic N) is 4. The van der Waals surface area contributed by atoms with Gasteiger partial charge in [-0.3, -0.25) is 4.79 Å². The minimum absolute atomic E-state index is 0.0377. The van der Waals surface area contributed by atoms with Crippen LogP contribution in [-0.4, -0.2) is 48.7 Å². The number of nitrogens with one attached hydrogen (secondary N) is 1. The Morgan fingerprint density at radius 2 is 1.82 bits per heavy atom. The molecule has 0 bridgehead atoms. The molecule has 1 N–H and O–H groups in total. The van der Waals surface area contributed by atoms with Crippen molar-refractivity contribution in [2.75, 3.05) is 17.2 Å². The fraction of sp³-hybridized carbons (Fsp3) is 0.357. The molecule has 1 fully saturated rings. The van der Waals surface area contributed by atoms with Gasteiger partial charge < -0.3 is 15.0 Å². The van der Waals surface area contributed by atoms with Crippen molar-refractivity contribution in [3.05, 3.63) is 77.6 Å². The minimum Gasteiger partial charge on any atom is -0.489 e. The highest BCUT2D eigenvalue weighted by molar-refractivity contribution is 7.91. The van der Waals surface area contributed by atoms with E-state index in [9.17, 15) is 13.2 Å². The fourth-order valence-electron chi connectivity index (χ4n) is 4.37. The monoisotopic (exact) mass is 533 g/mol. The van der Waals surface area contributed by atoms with Crippen molar-refractivity contribution in [3.8, 4) is 11.8 Å². The Balaban J connectivity index is 1.38. The summed E-state index contributed by atoms with van der Waals surface area (Å²) < 4.78 is 30.1. The first-order valence-electron chi connectivity index (χ1n) is 12.6. The van der Waals surface area contributed by atoms with E-state index in [0.717, 1.165) is 23.3 Å². The van der Waals surface area contributed by atoms with Gasteiger partial charge in [-0.25, -0.2) is 18.4 Å². The van der Waals surface area contributed by atoms with Crippen LogP contribution in [0.25, 0.3) is 0 Å². The van der Waals surface area contributed by atoms with Gasteiger partial charge in [0.1, 0.15) is 11.9 Å². The van der Waals surface area contributed by atoms with Crippen molar-refractivity contribution in [2.24, 2.45) is 0 Å². The van der Waals surface area contributed by atoms with E-state index in [-0.39, 0.29) is 35.2 Å². The van der Waals surface area contributed by atoms with Crippen molar-refractivity contribution in [2.45, 2.75) is 56.7 Å². The number of anilines is 1. The highest BCUT2D eigenvalue weighted by Gasteiger charge is 2.34. The van der Waals surface area contributed by atoms with Gasteiger partial charge in [-0.05, 0) is 43.2 Å². The number of nitriles is 1. The zero-order valence-corrected chi connectivity index (χ0v) is 22.3. The van der Waals surface area contributed by atoms with Crippen molar-refractivity contribution in [3.63, 3.8) is 0 Å². The standard InChI is InChI=1S/C28H31N5O4S/c1-3-38(35,36)26-12-8-21(9-13-26)16-30-27(34)22-17-31-28(32-18-22)33-19-25(15-23(33)5-4-14-29)37-24-10-6-20(2)7-11-24/h6-13,17-18,23,25H,3-5,15-16,19H2,1-2H3,(H,30,34)/t23-,25-/m1/s1. The molecular formula is C28H31N5O4S. The van der Waals surface area contributed by atoms with Gasteiger partial charge in [-0.15, -0.1) is 0 Å². The average Bonchev–Trinajstić information content (AvgIpc) is 3.34. The van der Waals surface area contributed by atoms with Crippen molar-refractivity contribution in [1.29, 1.82) is 5.26 Å². The van der Waals surface area contributed by atoms with Crippen LogP contribution in [0.1, 0.15) is 47.7 Å². The number of aromatic nitrogens is 2. The normalized spacial score (nSPS) is 17.1. The van der Waals surface area contributed by atoms with E-state index >= 15 is 0 Å². The number of aryl methyl sites for hydroxylation is 1. The van der Waals surface area contributed by atoms with Crippen LogP contribution in [0.5, 0.6) is 5.75 Å². The Hall–Kier alpha value is -3.97. The van der Waals surface area contributed by atoms with E-state index < -0.39 is 9.84 Å². The van der Waals surface area contributed by atoms with Gasteiger partial charge in [0.2, 0.25) is 5.95 Å². The molecule has 1 amide bonds. The van der Waals surface area contributed by atoms with Crippen LogP contribution in [-0.2, 0) is 16.4 Å². The summed E-state index contributed by atoms with van der Waals surface area (Å²) in [6, 6.07) is 16.7. The molecule has 0 spiro atoms. The molecule has 2 heterocycles. The molecule has 10 heteroatoms. The number of carbonyl (C=O) groups excluding carboxylic acids is 1. The topological polar surface area (TPSA) is 125 Å². The summed E-state index contributed by atoms with van der Waals surface area (Å²) >= 11 is 0. The van der Waals surface area contributed by atoms with Gasteiger partial charge >= 0.3 is 0 Å². The molecule has 0 radical (unpaired) electrons. The fourth-order valence-corrected chi connectivity index (χ4v) is 5.25. The molecule has 3 aromatic rings. The van der Waals surface area contributed by atoms with Crippen LogP contribution in [0.3, 0.4) is 0 Å². The van der Waals surface area contributed by atoms with Gasteiger partial charge in [-0.1, -0.05) is 36.8 Å². The Bertz CT molecular complexity index is 1390. The van der Waals surface area contributed by atoms with Gasteiger partial charge in [0.25, 0.3) is 5.91 Å². The second-order valence-corrected chi connectivity index (χ2v) is 11.6. The Labute approximate surface area is 223 Å². The molecule has 38 heavy (non-hydrogen) atoms. The number of amides is 1. The molecule has 198 valence electrons. The maximum atomic E-state index is 12.7. The van der Waals surface area contributed by atoms with Crippen LogP contribution in [0.4, 0.5) is 5.95 Å². The Morgan fingerprint density at radius 3 is 2.45 bits per heavy atom. The zero-order chi connectivity index (χ0) is 27.1. The number of rotatable bonds is 10. The van der Waals surface area contributed by atoms with Crippen LogP contribution >= 0.6 is 0 Å². The first-order chi connectivity index (χ1) is 18.3. The quantitative estimate of drug-likeness (QED) is 0.417. The number of sulfone groups is 1. The van der Waals surface area contributed by atoms with Gasteiger partial charge in [0, 0.05) is 37.8 Å². The Kier molecular flexibility index (Phi) is 8.59. The van der Waals surface area contributed by atoms with E-state index in [2.05, 4.69) is 21.4 Å². The largest absolute Gasteiger partial charge is 0.489 e. The molecule has 1 aliphatic heterocycles. The van der Waals surface area contributed by atoms with Gasteiger partial charge in [-0.2, -0.15) is 5.26 Å². The van der Waals surface area contributed by atoms with E-state index in [1.807, 2.05) is 36.1 Å². The van der Waals surface area contributed by atoms with Crippen LogP contribution in [0.15, 0.2) is 65.8 Å². The zero-order valence-electron chi connectivity index (χ0n) is 21.5. The van der Waals surface area contributed by atoms with Gasteiger partial charge in [0.05, 0.1) is 28.8 Å². The van der Waals surface area contributed by atoms with Crippen LogP contribution in [0.2, 0.25) is 0 Å².